The standard InChI is InChI=1S/CH3NO2S/c2-1-5(3)4/h1-2H,(H,3,4). The van der Waals surface area contributed by atoms with E-state index in [2.05, 4.69) is 0 Å². The van der Waals surface area contributed by atoms with Crippen LogP contribution in [0.15, 0.2) is 0 Å². The largest absolute Gasteiger partial charge is 0.302 e. The molecule has 0 heterocycles. The molecule has 0 amide bonds. The molecule has 0 radical (unpaired) electrons. The Labute approximate surface area is 31.8 Å². The Hall–Kier alpha value is -0.220. The molecule has 3 nitrogen and oxygen atoms in total. The molecule has 0 aromatic heterocycles. The summed E-state index contributed by atoms with van der Waals surface area (Å²) in [5.41, 5.74) is 0.444. The molecule has 0 rings (SSSR count). The fourth-order valence-electron chi connectivity index (χ4n) is 0. The molecule has 0 aliphatic carbocycles. The highest BCUT2D eigenvalue weighted by atomic mass is 32.2. The smallest absolute Gasteiger partial charge is 0.197 e. The van der Waals surface area contributed by atoms with Gasteiger partial charge in [-0.15, -0.1) is 0 Å². The fraction of sp³-hybridized carbons (Fsp3) is 0. The molecule has 0 fully saturated rings. The average Bonchev–Trinajstić information content (AvgIpc) is 1.38. The Bertz CT molecular complexity index is 60.7. The van der Waals surface area contributed by atoms with Crippen molar-refractivity contribution in [3.05, 3.63) is 0 Å². The molecule has 30 valence electrons. The van der Waals surface area contributed by atoms with E-state index in [1.54, 1.807) is 0 Å². The summed E-state index contributed by atoms with van der Waals surface area (Å²) >= 11 is -2.03. The maximum absolute atomic E-state index is 9.24. The molecule has 0 spiro atoms. The number of hydrogen-bond acceptors (Lipinski definition) is 2. The van der Waals surface area contributed by atoms with Crippen LogP contribution in [-0.4, -0.2) is 14.3 Å². The molecule has 1 atom stereocenters. The lowest BCUT2D eigenvalue weighted by Gasteiger charge is -1.63. The van der Waals surface area contributed by atoms with E-state index >= 15 is 0 Å². The van der Waals surface area contributed by atoms with Crippen molar-refractivity contribution >= 4 is 16.6 Å². The molecule has 0 aliphatic rings. The summed E-state index contributed by atoms with van der Waals surface area (Å²) in [4.78, 5) is 0. The van der Waals surface area contributed by atoms with Crippen LogP contribution in [0, 0.1) is 5.41 Å². The number of hydrogen-bond donors (Lipinski definition) is 2. The predicted molar refractivity (Wildman–Crippen MR) is 19.6 cm³/mol. The molecule has 0 aromatic rings. The average molecular weight is 93.1 g/mol. The minimum absolute atomic E-state index is 0.444. The van der Waals surface area contributed by atoms with E-state index in [9.17, 15) is 4.21 Å². The van der Waals surface area contributed by atoms with Crippen LogP contribution in [0.1, 0.15) is 0 Å². The lowest BCUT2D eigenvalue weighted by Crippen LogP contribution is -1.80. The normalized spacial score (nSPS) is 13.8. The highest BCUT2D eigenvalue weighted by molar-refractivity contribution is 7.93. The molecule has 4 heteroatoms. The van der Waals surface area contributed by atoms with Gasteiger partial charge in [-0.3, -0.25) is 5.41 Å². The van der Waals surface area contributed by atoms with E-state index in [1.807, 2.05) is 0 Å². The third kappa shape index (κ3) is 3.78. The summed E-state index contributed by atoms with van der Waals surface area (Å²) in [6.45, 7) is 0. The molecule has 0 aliphatic heterocycles. The van der Waals surface area contributed by atoms with E-state index in [4.69, 9.17) is 9.96 Å². The van der Waals surface area contributed by atoms with Gasteiger partial charge in [-0.2, -0.15) is 0 Å². The van der Waals surface area contributed by atoms with Crippen LogP contribution >= 0.6 is 0 Å². The van der Waals surface area contributed by atoms with Gasteiger partial charge in [0.1, 0.15) is 5.55 Å². The summed E-state index contributed by atoms with van der Waals surface area (Å²) in [6, 6.07) is 0. The minimum atomic E-state index is -2.03. The summed E-state index contributed by atoms with van der Waals surface area (Å²) in [7, 11) is 0. The highest BCUT2D eigenvalue weighted by Crippen LogP contribution is 1.52. The molecule has 5 heavy (non-hydrogen) atoms. The lowest BCUT2D eigenvalue weighted by atomic mass is 11.7. The van der Waals surface area contributed by atoms with Crippen LogP contribution in [0.2, 0.25) is 0 Å². The van der Waals surface area contributed by atoms with Crippen LogP contribution in [0.25, 0.3) is 0 Å². The molecule has 0 saturated heterocycles. The van der Waals surface area contributed by atoms with Crippen molar-refractivity contribution < 1.29 is 8.76 Å². The van der Waals surface area contributed by atoms with Crippen LogP contribution < -0.4 is 0 Å². The molecule has 0 aromatic carbocycles. The SMILES string of the molecule is N=CS(=O)O. The minimum Gasteiger partial charge on any atom is -0.302 e. The first-order valence-electron chi connectivity index (χ1n) is 0.874. The van der Waals surface area contributed by atoms with Crippen molar-refractivity contribution in [2.45, 2.75) is 0 Å². The van der Waals surface area contributed by atoms with Gasteiger partial charge < -0.3 is 4.55 Å². The summed E-state index contributed by atoms with van der Waals surface area (Å²) < 4.78 is 16.8. The third-order valence-corrected chi connectivity index (χ3v) is 0.302. The van der Waals surface area contributed by atoms with Gasteiger partial charge in [0.25, 0.3) is 0 Å². The Morgan fingerprint density at radius 3 is 2.20 bits per heavy atom. The second kappa shape index (κ2) is 2.04. The van der Waals surface area contributed by atoms with Crippen LogP contribution in [0.3, 0.4) is 0 Å². The Morgan fingerprint density at radius 2 is 2.20 bits per heavy atom. The van der Waals surface area contributed by atoms with E-state index < -0.39 is 11.1 Å². The zero-order chi connectivity index (χ0) is 4.28. The molecule has 1 unspecified atom stereocenters. The van der Waals surface area contributed by atoms with Gasteiger partial charge in [0.05, 0.1) is 0 Å². The molecule has 0 bridgehead atoms. The Balaban J connectivity index is 3.20. The van der Waals surface area contributed by atoms with Crippen molar-refractivity contribution in [3.63, 3.8) is 0 Å². The number of rotatable bonds is 1. The van der Waals surface area contributed by atoms with Crippen LogP contribution in [-0.2, 0) is 11.1 Å². The topological polar surface area (TPSA) is 61.2 Å². The van der Waals surface area contributed by atoms with Crippen molar-refractivity contribution in [2.24, 2.45) is 0 Å². The summed E-state index contributed by atoms with van der Waals surface area (Å²) in [5, 5.41) is 5.98. The van der Waals surface area contributed by atoms with Crippen LogP contribution in [0.4, 0.5) is 0 Å². The van der Waals surface area contributed by atoms with Gasteiger partial charge in [-0.25, -0.2) is 4.21 Å². The van der Waals surface area contributed by atoms with Gasteiger partial charge in [0, 0.05) is 0 Å². The predicted octanol–water partition coefficient (Wildman–Crippen LogP) is -0.185. The maximum atomic E-state index is 9.24. The van der Waals surface area contributed by atoms with Crippen molar-refractivity contribution in [1.29, 1.82) is 5.41 Å². The third-order valence-electron chi connectivity index (χ3n) is 0.101. The summed E-state index contributed by atoms with van der Waals surface area (Å²) in [6.07, 6.45) is 0. The van der Waals surface area contributed by atoms with E-state index in [-0.39, 0.29) is 0 Å². The zero-order valence-electron chi connectivity index (χ0n) is 2.34. The quantitative estimate of drug-likeness (QED) is 0.268. The molecule has 2 N–H and O–H groups in total. The monoisotopic (exact) mass is 93.0 g/mol. The van der Waals surface area contributed by atoms with E-state index in [1.165, 1.54) is 0 Å². The van der Waals surface area contributed by atoms with Crippen LogP contribution in [0.5, 0.6) is 0 Å². The Morgan fingerprint density at radius 1 is 2.00 bits per heavy atom. The Kier molecular flexibility index (Phi) is 1.95. The lowest BCUT2D eigenvalue weighted by molar-refractivity contribution is 0.578. The van der Waals surface area contributed by atoms with Gasteiger partial charge in [-0.05, 0) is 0 Å². The molecular formula is CH3NO2S. The van der Waals surface area contributed by atoms with Gasteiger partial charge in [0.15, 0.2) is 11.1 Å². The summed E-state index contributed by atoms with van der Waals surface area (Å²) in [5.74, 6) is 0. The first-order valence-corrected chi connectivity index (χ1v) is 2.04. The highest BCUT2D eigenvalue weighted by Gasteiger charge is 1.70. The second-order valence-corrected chi connectivity index (χ2v) is 1.18. The van der Waals surface area contributed by atoms with E-state index in [0.717, 1.165) is 0 Å². The van der Waals surface area contributed by atoms with Gasteiger partial charge in [0.2, 0.25) is 0 Å². The first-order chi connectivity index (χ1) is 2.27. The second-order valence-electron chi connectivity index (χ2n) is 0.394. The fourth-order valence-corrected chi connectivity index (χ4v) is 0. The first kappa shape index (κ1) is 4.78. The van der Waals surface area contributed by atoms with Crippen molar-refractivity contribution in [2.75, 3.05) is 0 Å². The van der Waals surface area contributed by atoms with Gasteiger partial charge >= 0.3 is 0 Å². The molecular weight excluding hydrogens is 90.1 g/mol. The molecule has 0 saturated carbocycles. The van der Waals surface area contributed by atoms with Gasteiger partial charge in [-0.1, -0.05) is 0 Å². The van der Waals surface area contributed by atoms with Crippen molar-refractivity contribution in [1.82, 2.24) is 0 Å². The van der Waals surface area contributed by atoms with E-state index in [0.29, 0.717) is 5.55 Å². The van der Waals surface area contributed by atoms with Crippen molar-refractivity contribution in [3.8, 4) is 0 Å². The maximum Gasteiger partial charge on any atom is 0.197 e. The zero-order valence-corrected chi connectivity index (χ0v) is 3.16. The number of nitrogens with one attached hydrogen (secondary N) is 1.